The summed E-state index contributed by atoms with van der Waals surface area (Å²) in [6.45, 7) is 5.91. The van der Waals surface area contributed by atoms with E-state index in [2.05, 4.69) is 0 Å². The van der Waals surface area contributed by atoms with Crippen molar-refractivity contribution >= 4 is 33.2 Å². The van der Waals surface area contributed by atoms with Gasteiger partial charge < -0.3 is 0 Å². The van der Waals surface area contributed by atoms with Gasteiger partial charge >= 0.3 is 150 Å². The molecule has 0 bridgehead atoms. The Morgan fingerprint density at radius 3 is 1.44 bits per heavy atom. The summed E-state index contributed by atoms with van der Waals surface area (Å²) in [5.41, 5.74) is 0. The molecule has 1 aromatic rings. The molecule has 0 saturated heterocycles. The molecular weight excluding hydrogens is 441 g/mol. The van der Waals surface area contributed by atoms with Crippen LogP contribution >= 0.6 is 0 Å². The van der Waals surface area contributed by atoms with Crippen LogP contribution in [0, 0.1) is 0 Å². The molecule has 0 N–H and O–H groups in total. The summed E-state index contributed by atoms with van der Waals surface area (Å²) in [5, 5.41) is 0. The van der Waals surface area contributed by atoms with Crippen molar-refractivity contribution in [3.05, 3.63) is 30.3 Å². The van der Waals surface area contributed by atoms with Crippen LogP contribution in [0.5, 0.6) is 0 Å². The molecular formula is C15H23AsF6OSi2. The van der Waals surface area contributed by atoms with Crippen molar-refractivity contribution in [2.24, 2.45) is 0 Å². The first-order chi connectivity index (χ1) is 10.9. The average molecular weight is 464 g/mol. The molecule has 1 aromatic carbocycles. The fraction of sp³-hybridized carbons (Fsp3) is 0.600. The summed E-state index contributed by atoms with van der Waals surface area (Å²) in [6, 6.07) is 7.34. The summed E-state index contributed by atoms with van der Waals surface area (Å²) in [7, 11) is -3.17. The monoisotopic (exact) mass is 464 g/mol. The molecule has 1 atom stereocenters. The van der Waals surface area contributed by atoms with Gasteiger partial charge in [-0.3, -0.25) is 0 Å². The van der Waals surface area contributed by atoms with Crippen LogP contribution in [0.3, 0.4) is 0 Å². The van der Waals surface area contributed by atoms with Gasteiger partial charge in [0.2, 0.25) is 0 Å². The first-order valence-electron chi connectivity index (χ1n) is 7.62. The zero-order valence-corrected chi connectivity index (χ0v) is 18.9. The van der Waals surface area contributed by atoms with Gasteiger partial charge in [0.1, 0.15) is 0 Å². The predicted molar refractivity (Wildman–Crippen MR) is 94.4 cm³/mol. The molecule has 0 saturated carbocycles. The van der Waals surface area contributed by atoms with E-state index in [0.717, 1.165) is 0 Å². The van der Waals surface area contributed by atoms with Crippen molar-refractivity contribution < 1.29 is 30.8 Å². The summed E-state index contributed by atoms with van der Waals surface area (Å²) in [6.07, 6.45) is -11.1. The molecule has 0 radical (unpaired) electrons. The first-order valence-corrected chi connectivity index (χ1v) is 19.2. The van der Waals surface area contributed by atoms with Crippen LogP contribution < -0.4 is 4.35 Å². The number of rotatable bonds is 5. The Hall–Kier alpha value is -0.248. The van der Waals surface area contributed by atoms with E-state index in [1.54, 1.807) is 25.7 Å². The topological polar surface area (TPSA) is 9.23 Å². The molecule has 1 rings (SSSR count). The molecule has 0 aromatic heterocycles. The Bertz CT molecular complexity index is 561. The van der Waals surface area contributed by atoms with E-state index < -0.39 is 45.6 Å². The van der Waals surface area contributed by atoms with Crippen molar-refractivity contribution in [1.29, 1.82) is 0 Å². The van der Waals surface area contributed by atoms with Gasteiger partial charge in [0.25, 0.3) is 0 Å². The van der Waals surface area contributed by atoms with E-state index in [9.17, 15) is 26.3 Å². The fourth-order valence-electron chi connectivity index (χ4n) is 2.64. The molecule has 0 amide bonds. The molecule has 10 heteroatoms. The predicted octanol–water partition coefficient (Wildman–Crippen LogP) is 5.06. The molecule has 25 heavy (non-hydrogen) atoms. The van der Waals surface area contributed by atoms with Crippen LogP contribution in [0.4, 0.5) is 26.3 Å². The number of hydrogen-bond donors (Lipinski definition) is 0. The van der Waals surface area contributed by atoms with Crippen molar-refractivity contribution in [2.45, 2.75) is 56.0 Å². The first kappa shape index (κ1) is 22.8. The van der Waals surface area contributed by atoms with Crippen LogP contribution in [0.2, 0.25) is 39.3 Å². The molecule has 1 nitrogen and oxygen atoms in total. The fourth-order valence-corrected chi connectivity index (χ4v) is 24.3. The Kier molecular flexibility index (Phi) is 6.43. The SMILES string of the molecule is C[Si](C)(C)OC([As](c1ccccc1)[Si](C)(C)C)(C(F)(F)F)C(F)(F)F. The van der Waals surface area contributed by atoms with Gasteiger partial charge in [-0.15, -0.1) is 0 Å². The molecule has 0 aliphatic carbocycles. The Labute approximate surface area is 150 Å². The van der Waals surface area contributed by atoms with E-state index in [1.807, 2.05) is 0 Å². The van der Waals surface area contributed by atoms with Crippen molar-refractivity contribution in [3.63, 3.8) is 0 Å². The van der Waals surface area contributed by atoms with Gasteiger partial charge in [0.15, 0.2) is 0 Å². The Balaban J connectivity index is 3.89. The van der Waals surface area contributed by atoms with E-state index in [-0.39, 0.29) is 4.35 Å². The third-order valence-corrected chi connectivity index (χ3v) is 21.6. The molecule has 0 fully saturated rings. The molecule has 0 aliphatic rings. The van der Waals surface area contributed by atoms with E-state index >= 15 is 0 Å². The minimum atomic E-state index is -5.53. The quantitative estimate of drug-likeness (QED) is 0.437. The van der Waals surface area contributed by atoms with E-state index in [0.29, 0.717) is 0 Å². The molecule has 0 aliphatic heterocycles. The molecule has 0 spiro atoms. The number of halogens is 6. The third kappa shape index (κ3) is 4.93. The third-order valence-electron chi connectivity index (χ3n) is 3.22. The normalized spacial score (nSPS) is 16.0. The van der Waals surface area contributed by atoms with Crippen LogP contribution in [-0.2, 0) is 4.43 Å². The summed E-state index contributed by atoms with van der Waals surface area (Å²) in [4.78, 5) is 0. The minimum absolute atomic E-state index is 0.155. The van der Waals surface area contributed by atoms with Crippen molar-refractivity contribution in [3.8, 4) is 0 Å². The number of alkyl halides is 6. The zero-order chi connectivity index (χ0) is 19.9. The van der Waals surface area contributed by atoms with Gasteiger partial charge in [-0.1, -0.05) is 0 Å². The van der Waals surface area contributed by atoms with Crippen molar-refractivity contribution in [1.82, 2.24) is 0 Å². The van der Waals surface area contributed by atoms with Crippen LogP contribution in [-0.4, -0.2) is 45.6 Å². The van der Waals surface area contributed by atoms with Crippen LogP contribution in [0.1, 0.15) is 0 Å². The van der Waals surface area contributed by atoms with E-state index in [1.165, 1.54) is 43.9 Å². The van der Waals surface area contributed by atoms with Crippen LogP contribution in [0.15, 0.2) is 30.3 Å². The van der Waals surface area contributed by atoms with Crippen molar-refractivity contribution in [2.75, 3.05) is 0 Å². The van der Waals surface area contributed by atoms with Crippen LogP contribution in [0.25, 0.3) is 0 Å². The average Bonchev–Trinajstić information content (AvgIpc) is 2.33. The summed E-state index contributed by atoms with van der Waals surface area (Å²) >= 11 is -3.77. The Morgan fingerprint density at radius 1 is 0.760 bits per heavy atom. The van der Waals surface area contributed by atoms with Gasteiger partial charge in [0, 0.05) is 0 Å². The number of benzene rings is 1. The van der Waals surface area contributed by atoms with E-state index in [4.69, 9.17) is 4.43 Å². The zero-order valence-electron chi connectivity index (χ0n) is 15.0. The second-order valence-electron chi connectivity index (χ2n) is 7.70. The molecule has 1 unspecified atom stereocenters. The van der Waals surface area contributed by atoms with Gasteiger partial charge in [-0.2, -0.15) is 0 Å². The van der Waals surface area contributed by atoms with Gasteiger partial charge in [0.05, 0.1) is 0 Å². The maximum absolute atomic E-state index is 14.1. The Morgan fingerprint density at radius 2 is 1.16 bits per heavy atom. The molecule has 0 heterocycles. The standard InChI is InChI=1S/C15H23AsF6OSi2/c1-24(2,3)16(12-10-8-7-9-11-12)13(14(17,18)19,15(20,21)22)23-25(4,5)6/h7-11H,1-6H3. The number of hydrogen-bond acceptors (Lipinski definition) is 1. The summed E-state index contributed by atoms with van der Waals surface area (Å²) in [5.74, 6) is 0. The maximum atomic E-state index is 14.1. The van der Waals surface area contributed by atoms with Gasteiger partial charge in [-0.05, 0) is 0 Å². The second-order valence-corrected chi connectivity index (χ2v) is 31.0. The molecule has 144 valence electrons. The second kappa shape index (κ2) is 7.05. The van der Waals surface area contributed by atoms with Gasteiger partial charge in [-0.25, -0.2) is 0 Å². The summed E-state index contributed by atoms with van der Waals surface area (Å²) < 4.78 is 85.8.